The van der Waals surface area contributed by atoms with Crippen LogP contribution in [0.15, 0.2) is 48.5 Å². The van der Waals surface area contributed by atoms with Gasteiger partial charge >= 0.3 is 0 Å². The van der Waals surface area contributed by atoms with Gasteiger partial charge in [-0.15, -0.1) is 6.42 Å². The summed E-state index contributed by atoms with van der Waals surface area (Å²) < 4.78 is 3.29. The fourth-order valence-corrected chi connectivity index (χ4v) is 3.22. The number of unbranched alkanes of at least 4 members (excludes halogenated alkanes) is 1. The largest absolute Gasteiger partial charge is 0.334 e. The van der Waals surface area contributed by atoms with Crippen LogP contribution in [0.1, 0.15) is 47.3 Å². The highest BCUT2D eigenvalue weighted by Gasteiger charge is 2.16. The lowest BCUT2D eigenvalue weighted by molar-refractivity contribution is 0.0946. The van der Waals surface area contributed by atoms with Crippen LogP contribution in [-0.4, -0.2) is 11.7 Å². The van der Waals surface area contributed by atoms with Crippen molar-refractivity contribution in [1.82, 2.24) is 5.32 Å². The summed E-state index contributed by atoms with van der Waals surface area (Å²) in [6.07, 6.45) is 7.91. The van der Waals surface area contributed by atoms with Gasteiger partial charge in [0.15, 0.2) is 0 Å². The third-order valence-corrected chi connectivity index (χ3v) is 4.63. The number of anilines is 1. The van der Waals surface area contributed by atoms with Crippen molar-refractivity contribution in [3.05, 3.63) is 65.2 Å². The van der Waals surface area contributed by atoms with E-state index < -0.39 is 6.04 Å². The Morgan fingerprint density at radius 1 is 1.24 bits per heavy atom. The summed E-state index contributed by atoms with van der Waals surface area (Å²) in [5.74, 6) is 3.49. The van der Waals surface area contributed by atoms with Crippen LogP contribution in [-0.2, 0) is 0 Å². The average molecular weight is 353 g/mol. The average Bonchev–Trinajstić information content (AvgIpc) is 2.64. The van der Waals surface area contributed by atoms with Gasteiger partial charge in [-0.3, -0.25) is 4.79 Å². The van der Waals surface area contributed by atoms with E-state index in [-0.39, 0.29) is 5.91 Å². The molecule has 0 aliphatic carbocycles. The minimum Gasteiger partial charge on any atom is -0.334 e. The molecule has 0 bridgehead atoms. The van der Waals surface area contributed by atoms with E-state index in [4.69, 9.17) is 6.42 Å². The topological polar surface area (TPSA) is 41.1 Å². The van der Waals surface area contributed by atoms with Gasteiger partial charge in [-0.05, 0) is 31.0 Å². The number of amides is 1. The summed E-state index contributed by atoms with van der Waals surface area (Å²) >= 11 is 1.62. The Bertz CT molecular complexity index is 737. The first kappa shape index (κ1) is 19.0. The standard InChI is InChI=1S/C21H24N2OS/c1-4-6-14-25-23-20-13-12-16(3)15-18(20)21(24)22-19(5-2)17-10-8-7-9-11-17/h2,7-13,15,19,23H,4,6,14H2,1,3H3,(H,22,24). The lowest BCUT2D eigenvalue weighted by Gasteiger charge is -2.16. The van der Waals surface area contributed by atoms with E-state index in [1.54, 1.807) is 11.9 Å². The van der Waals surface area contributed by atoms with Crippen molar-refractivity contribution in [1.29, 1.82) is 0 Å². The van der Waals surface area contributed by atoms with Crippen LogP contribution in [0, 0.1) is 19.3 Å². The molecular formula is C21H24N2OS. The molecule has 3 nitrogen and oxygen atoms in total. The van der Waals surface area contributed by atoms with E-state index >= 15 is 0 Å². The first-order chi connectivity index (χ1) is 12.2. The number of nitrogens with one attached hydrogen (secondary N) is 2. The third-order valence-electron chi connectivity index (χ3n) is 3.78. The maximum Gasteiger partial charge on any atom is 0.254 e. The normalized spacial score (nSPS) is 11.4. The molecule has 1 unspecified atom stereocenters. The summed E-state index contributed by atoms with van der Waals surface area (Å²) in [6.45, 7) is 4.13. The highest BCUT2D eigenvalue weighted by Crippen LogP contribution is 2.22. The van der Waals surface area contributed by atoms with Crippen molar-refractivity contribution < 1.29 is 4.79 Å². The fraction of sp³-hybridized carbons (Fsp3) is 0.286. The molecule has 1 amide bonds. The molecule has 0 aliphatic heterocycles. The summed E-state index contributed by atoms with van der Waals surface area (Å²) in [5, 5.41) is 2.94. The van der Waals surface area contributed by atoms with Crippen LogP contribution in [0.3, 0.4) is 0 Å². The smallest absolute Gasteiger partial charge is 0.254 e. The number of benzene rings is 2. The Hall–Kier alpha value is -2.38. The lowest BCUT2D eigenvalue weighted by Crippen LogP contribution is -2.28. The van der Waals surface area contributed by atoms with Crippen LogP contribution >= 0.6 is 11.9 Å². The molecule has 0 spiro atoms. The molecule has 1 atom stereocenters. The Morgan fingerprint density at radius 2 is 2.00 bits per heavy atom. The van der Waals surface area contributed by atoms with Crippen LogP contribution in [0.2, 0.25) is 0 Å². The van der Waals surface area contributed by atoms with Gasteiger partial charge in [-0.25, -0.2) is 0 Å². The van der Waals surface area contributed by atoms with Gasteiger partial charge in [0.25, 0.3) is 5.91 Å². The lowest BCUT2D eigenvalue weighted by atomic mass is 10.1. The highest BCUT2D eigenvalue weighted by atomic mass is 32.2. The summed E-state index contributed by atoms with van der Waals surface area (Å²) in [4.78, 5) is 12.8. The second-order valence-electron chi connectivity index (χ2n) is 5.84. The van der Waals surface area contributed by atoms with Crippen molar-refractivity contribution in [2.75, 3.05) is 10.5 Å². The molecule has 0 saturated heterocycles. The first-order valence-corrected chi connectivity index (χ1v) is 9.44. The van der Waals surface area contributed by atoms with Gasteiger partial charge in [-0.1, -0.05) is 73.2 Å². The third kappa shape index (κ3) is 5.58. The molecule has 0 aliphatic rings. The maximum absolute atomic E-state index is 12.8. The molecule has 130 valence electrons. The zero-order valence-corrected chi connectivity index (χ0v) is 15.5. The van der Waals surface area contributed by atoms with Gasteiger partial charge in [0, 0.05) is 5.75 Å². The molecule has 2 aromatic carbocycles. The van der Waals surface area contributed by atoms with E-state index in [9.17, 15) is 4.79 Å². The molecule has 0 radical (unpaired) electrons. The first-order valence-electron chi connectivity index (χ1n) is 8.46. The van der Waals surface area contributed by atoms with Crippen molar-refractivity contribution in [3.8, 4) is 12.3 Å². The number of rotatable bonds is 8. The van der Waals surface area contributed by atoms with Crippen LogP contribution in [0.5, 0.6) is 0 Å². The monoisotopic (exact) mass is 352 g/mol. The van der Waals surface area contributed by atoms with Crippen LogP contribution in [0.25, 0.3) is 0 Å². The summed E-state index contributed by atoms with van der Waals surface area (Å²) in [7, 11) is 0. The van der Waals surface area contributed by atoms with Crippen LogP contribution in [0.4, 0.5) is 5.69 Å². The van der Waals surface area contributed by atoms with E-state index in [1.807, 2.05) is 55.5 Å². The number of carbonyl (C=O) groups excluding carboxylic acids is 1. The molecule has 2 aromatic rings. The quantitative estimate of drug-likeness (QED) is 0.401. The van der Waals surface area contributed by atoms with Gasteiger partial charge < -0.3 is 10.0 Å². The van der Waals surface area contributed by atoms with Crippen LogP contribution < -0.4 is 10.0 Å². The maximum atomic E-state index is 12.8. The number of hydrogen-bond donors (Lipinski definition) is 2. The van der Waals surface area contributed by atoms with Crippen molar-refractivity contribution in [2.24, 2.45) is 0 Å². The van der Waals surface area contributed by atoms with Gasteiger partial charge in [0.1, 0.15) is 6.04 Å². The molecule has 4 heteroatoms. The highest BCUT2D eigenvalue weighted by molar-refractivity contribution is 8.00. The summed E-state index contributed by atoms with van der Waals surface area (Å²) in [6, 6.07) is 15.0. The minimum absolute atomic E-state index is 0.172. The van der Waals surface area contributed by atoms with E-state index in [2.05, 4.69) is 22.9 Å². The van der Waals surface area contributed by atoms with E-state index in [1.165, 1.54) is 0 Å². The van der Waals surface area contributed by atoms with Crippen molar-refractivity contribution in [3.63, 3.8) is 0 Å². The zero-order chi connectivity index (χ0) is 18.1. The Morgan fingerprint density at radius 3 is 2.68 bits per heavy atom. The van der Waals surface area contributed by atoms with E-state index in [0.29, 0.717) is 5.56 Å². The Labute approximate surface area is 154 Å². The number of aryl methyl sites for hydroxylation is 1. The number of carbonyl (C=O) groups is 1. The molecule has 2 N–H and O–H groups in total. The summed E-state index contributed by atoms with van der Waals surface area (Å²) in [5.41, 5.74) is 3.36. The van der Waals surface area contributed by atoms with Crippen molar-refractivity contribution >= 4 is 23.5 Å². The molecule has 0 fully saturated rings. The molecule has 25 heavy (non-hydrogen) atoms. The Kier molecular flexibility index (Phi) is 7.43. The Balaban J connectivity index is 2.14. The second-order valence-corrected chi connectivity index (χ2v) is 6.74. The molecule has 0 heterocycles. The van der Waals surface area contributed by atoms with Gasteiger partial charge in [0.2, 0.25) is 0 Å². The number of hydrogen-bond acceptors (Lipinski definition) is 3. The van der Waals surface area contributed by atoms with E-state index in [0.717, 1.165) is 35.4 Å². The minimum atomic E-state index is -0.449. The van der Waals surface area contributed by atoms with Crippen molar-refractivity contribution in [2.45, 2.75) is 32.7 Å². The SMILES string of the molecule is C#CC(NC(=O)c1cc(C)ccc1NSCCCC)c1ccccc1. The molecule has 2 rings (SSSR count). The fourth-order valence-electron chi connectivity index (χ4n) is 2.36. The second kappa shape index (κ2) is 9.80. The molecule has 0 saturated carbocycles. The van der Waals surface area contributed by atoms with Gasteiger partial charge in [-0.2, -0.15) is 0 Å². The van der Waals surface area contributed by atoms with Gasteiger partial charge in [0.05, 0.1) is 11.3 Å². The molecule has 0 aromatic heterocycles. The molecular weight excluding hydrogens is 328 g/mol. The predicted molar refractivity (Wildman–Crippen MR) is 108 cm³/mol. The predicted octanol–water partition coefficient (Wildman–Crippen LogP) is 4.96. The number of terminal acetylenes is 1. The zero-order valence-electron chi connectivity index (χ0n) is 14.7.